The van der Waals surface area contributed by atoms with E-state index in [2.05, 4.69) is 5.32 Å². The Morgan fingerprint density at radius 1 is 1.24 bits per heavy atom. The Morgan fingerprint density at radius 3 is 2.52 bits per heavy atom. The molecule has 7 heteroatoms. The quantitative estimate of drug-likeness (QED) is 0.794. The molecule has 3 amide bonds. The van der Waals surface area contributed by atoms with Crippen molar-refractivity contribution in [1.29, 1.82) is 0 Å². The van der Waals surface area contributed by atoms with E-state index in [1.165, 1.54) is 9.80 Å². The van der Waals surface area contributed by atoms with Crippen molar-refractivity contribution in [2.45, 2.75) is 44.2 Å². The average Bonchev–Trinajstić information content (AvgIpc) is 2.83. The van der Waals surface area contributed by atoms with E-state index in [0.717, 1.165) is 25.7 Å². The van der Waals surface area contributed by atoms with Crippen LogP contribution in [-0.2, 0) is 9.59 Å². The molecule has 21 heavy (non-hydrogen) atoms. The maximum absolute atomic E-state index is 12.3. The number of likely N-dealkylation sites (tertiary alicyclic amines) is 1. The second-order valence-electron chi connectivity index (χ2n) is 6.06. The minimum atomic E-state index is -0.960. The van der Waals surface area contributed by atoms with Gasteiger partial charge >= 0.3 is 12.0 Å². The van der Waals surface area contributed by atoms with Crippen molar-refractivity contribution in [2.75, 3.05) is 20.6 Å². The summed E-state index contributed by atoms with van der Waals surface area (Å²) >= 11 is 0. The Hall–Kier alpha value is -1.79. The molecule has 2 aliphatic rings. The van der Waals surface area contributed by atoms with E-state index < -0.39 is 18.0 Å². The van der Waals surface area contributed by atoms with Crippen LogP contribution in [0.25, 0.3) is 0 Å². The minimum absolute atomic E-state index is 0.00527. The fourth-order valence-electron chi connectivity index (χ4n) is 3.37. The van der Waals surface area contributed by atoms with Gasteiger partial charge in [0.1, 0.15) is 6.04 Å². The van der Waals surface area contributed by atoms with Gasteiger partial charge < -0.3 is 20.2 Å². The molecule has 0 aromatic heterocycles. The molecule has 2 rings (SSSR count). The van der Waals surface area contributed by atoms with Gasteiger partial charge in [-0.15, -0.1) is 0 Å². The Balaban J connectivity index is 2.04. The first-order valence-corrected chi connectivity index (χ1v) is 7.41. The summed E-state index contributed by atoms with van der Waals surface area (Å²) in [5, 5.41) is 11.9. The van der Waals surface area contributed by atoms with Crippen molar-refractivity contribution < 1.29 is 19.5 Å². The first kappa shape index (κ1) is 15.6. The summed E-state index contributed by atoms with van der Waals surface area (Å²) in [7, 11) is 3.23. The van der Waals surface area contributed by atoms with Gasteiger partial charge in [-0.1, -0.05) is 12.8 Å². The molecule has 3 unspecified atom stereocenters. The molecule has 0 spiro atoms. The van der Waals surface area contributed by atoms with Crippen molar-refractivity contribution in [2.24, 2.45) is 5.92 Å². The van der Waals surface area contributed by atoms with Gasteiger partial charge in [0.2, 0.25) is 5.91 Å². The van der Waals surface area contributed by atoms with Gasteiger partial charge in [0.25, 0.3) is 0 Å². The van der Waals surface area contributed by atoms with E-state index in [-0.39, 0.29) is 24.4 Å². The number of rotatable bonds is 3. The smallest absolute Gasteiger partial charge is 0.326 e. The number of hydrogen-bond donors (Lipinski definition) is 2. The Morgan fingerprint density at radius 2 is 1.90 bits per heavy atom. The molecule has 1 heterocycles. The monoisotopic (exact) mass is 297 g/mol. The molecule has 2 fully saturated rings. The molecular formula is C14H23N3O4. The topological polar surface area (TPSA) is 90.0 Å². The van der Waals surface area contributed by atoms with Crippen molar-refractivity contribution in [1.82, 2.24) is 15.1 Å². The predicted molar refractivity (Wildman–Crippen MR) is 75.7 cm³/mol. The lowest BCUT2D eigenvalue weighted by atomic mass is 9.85. The molecule has 118 valence electrons. The number of carboxylic acid groups (broad SMARTS) is 1. The lowest BCUT2D eigenvalue weighted by Crippen LogP contribution is -2.52. The third-order valence-corrected chi connectivity index (χ3v) is 4.50. The summed E-state index contributed by atoms with van der Waals surface area (Å²) in [5.74, 6) is -0.900. The molecule has 0 aromatic rings. The fourth-order valence-corrected chi connectivity index (χ4v) is 3.37. The third-order valence-electron chi connectivity index (χ3n) is 4.50. The Bertz CT molecular complexity index is 438. The zero-order chi connectivity index (χ0) is 15.6. The van der Waals surface area contributed by atoms with E-state index in [4.69, 9.17) is 0 Å². The standard InChI is InChI=1S/C14H23N3O4/c1-16(2)12(18)8-15-14(21)17-10-6-4-3-5-9(10)7-11(17)13(19)20/h9-11H,3-8H2,1-2H3,(H,15,21)(H,19,20). The van der Waals surface area contributed by atoms with Crippen LogP contribution in [0.1, 0.15) is 32.1 Å². The number of nitrogens with zero attached hydrogens (tertiary/aromatic N) is 2. The van der Waals surface area contributed by atoms with Crippen LogP contribution in [0.5, 0.6) is 0 Å². The van der Waals surface area contributed by atoms with Crippen LogP contribution in [0.3, 0.4) is 0 Å². The lowest BCUT2D eigenvalue weighted by Gasteiger charge is -2.33. The maximum Gasteiger partial charge on any atom is 0.326 e. The third kappa shape index (κ3) is 3.28. The number of carbonyl (C=O) groups excluding carboxylic acids is 2. The second-order valence-corrected chi connectivity index (χ2v) is 6.06. The van der Waals surface area contributed by atoms with E-state index in [1.807, 2.05) is 0 Å². The first-order valence-electron chi connectivity index (χ1n) is 7.41. The molecule has 0 radical (unpaired) electrons. The minimum Gasteiger partial charge on any atom is -0.480 e. The van der Waals surface area contributed by atoms with Crippen LogP contribution < -0.4 is 5.32 Å². The van der Waals surface area contributed by atoms with Gasteiger partial charge in [-0.25, -0.2) is 9.59 Å². The number of carbonyl (C=O) groups is 3. The number of amides is 3. The molecule has 1 aliphatic carbocycles. The normalized spacial score (nSPS) is 27.9. The van der Waals surface area contributed by atoms with E-state index in [1.54, 1.807) is 14.1 Å². The molecular weight excluding hydrogens is 274 g/mol. The average molecular weight is 297 g/mol. The highest BCUT2D eigenvalue weighted by Gasteiger charge is 2.47. The number of aliphatic carboxylic acids is 1. The van der Waals surface area contributed by atoms with Gasteiger partial charge in [0, 0.05) is 20.1 Å². The highest BCUT2D eigenvalue weighted by atomic mass is 16.4. The van der Waals surface area contributed by atoms with E-state index in [9.17, 15) is 19.5 Å². The lowest BCUT2D eigenvalue weighted by molar-refractivity contribution is -0.141. The van der Waals surface area contributed by atoms with Crippen LogP contribution in [0, 0.1) is 5.92 Å². The second kappa shape index (κ2) is 6.32. The van der Waals surface area contributed by atoms with Crippen molar-refractivity contribution >= 4 is 17.9 Å². The van der Waals surface area contributed by atoms with Gasteiger partial charge in [-0.05, 0) is 25.2 Å². The van der Waals surface area contributed by atoms with Crippen molar-refractivity contribution in [3.8, 4) is 0 Å². The highest BCUT2D eigenvalue weighted by Crippen LogP contribution is 2.39. The largest absolute Gasteiger partial charge is 0.480 e. The number of carboxylic acids is 1. The molecule has 1 aliphatic heterocycles. The van der Waals surface area contributed by atoms with Crippen LogP contribution >= 0.6 is 0 Å². The van der Waals surface area contributed by atoms with Gasteiger partial charge in [0.05, 0.1) is 6.54 Å². The number of urea groups is 1. The van der Waals surface area contributed by atoms with Crippen LogP contribution in [0.2, 0.25) is 0 Å². The summed E-state index contributed by atoms with van der Waals surface area (Å²) in [6.07, 6.45) is 4.48. The zero-order valence-electron chi connectivity index (χ0n) is 12.5. The number of fused-ring (bicyclic) bond motifs is 1. The summed E-state index contributed by atoms with van der Waals surface area (Å²) in [6.45, 7) is -0.105. The highest BCUT2D eigenvalue weighted by molar-refractivity contribution is 5.87. The van der Waals surface area contributed by atoms with Crippen molar-refractivity contribution in [3.05, 3.63) is 0 Å². The van der Waals surface area contributed by atoms with Gasteiger partial charge in [-0.2, -0.15) is 0 Å². The molecule has 2 N–H and O–H groups in total. The van der Waals surface area contributed by atoms with E-state index in [0.29, 0.717) is 6.42 Å². The van der Waals surface area contributed by atoms with Gasteiger partial charge in [0.15, 0.2) is 0 Å². The Kier molecular flexibility index (Phi) is 4.69. The van der Waals surface area contributed by atoms with E-state index >= 15 is 0 Å². The van der Waals surface area contributed by atoms with Crippen LogP contribution in [0.4, 0.5) is 4.79 Å². The van der Waals surface area contributed by atoms with Crippen molar-refractivity contribution in [3.63, 3.8) is 0 Å². The van der Waals surface area contributed by atoms with Crippen LogP contribution in [-0.4, -0.2) is 65.5 Å². The van der Waals surface area contributed by atoms with Gasteiger partial charge in [-0.3, -0.25) is 4.79 Å². The molecule has 1 saturated carbocycles. The summed E-state index contributed by atoms with van der Waals surface area (Å²) in [5.41, 5.74) is 0. The molecule has 7 nitrogen and oxygen atoms in total. The molecule has 0 aromatic carbocycles. The predicted octanol–water partition coefficient (Wildman–Crippen LogP) is 0.502. The first-order chi connectivity index (χ1) is 9.91. The summed E-state index contributed by atoms with van der Waals surface area (Å²) < 4.78 is 0. The molecule has 3 atom stereocenters. The summed E-state index contributed by atoms with van der Waals surface area (Å²) in [4.78, 5) is 38.1. The zero-order valence-corrected chi connectivity index (χ0v) is 12.5. The number of nitrogens with one attached hydrogen (secondary N) is 1. The SMILES string of the molecule is CN(C)C(=O)CNC(=O)N1C(C(=O)O)CC2CCCCC21. The number of likely N-dealkylation sites (N-methyl/N-ethyl adjacent to an activating group) is 1. The molecule has 0 bridgehead atoms. The summed E-state index contributed by atoms with van der Waals surface area (Å²) in [6, 6.07) is -1.21. The fraction of sp³-hybridized carbons (Fsp3) is 0.786. The molecule has 1 saturated heterocycles. The Labute approximate surface area is 124 Å². The van der Waals surface area contributed by atoms with Crippen LogP contribution in [0.15, 0.2) is 0 Å². The maximum atomic E-state index is 12.3. The number of hydrogen-bond acceptors (Lipinski definition) is 3.